The van der Waals surface area contributed by atoms with Crippen LogP contribution in [0.15, 0.2) is 18.2 Å². The molecule has 1 aromatic rings. The first-order valence-corrected chi connectivity index (χ1v) is 8.69. The molecule has 1 aliphatic carbocycles. The van der Waals surface area contributed by atoms with Gasteiger partial charge in [-0.3, -0.25) is 4.79 Å². The number of hydrogen-bond donors (Lipinski definition) is 2. The normalized spacial score (nSPS) is 25.0. The van der Waals surface area contributed by atoms with E-state index in [-0.39, 0.29) is 17.7 Å². The van der Waals surface area contributed by atoms with Crippen molar-refractivity contribution in [3.63, 3.8) is 0 Å². The predicted molar refractivity (Wildman–Crippen MR) is 89.5 cm³/mol. The molecule has 1 saturated carbocycles. The molecular formula is C18H24F2N2O2. The molecule has 132 valence electrons. The SMILES string of the molecule is CC1C[C@H]1CCCCCC1Nc2ccc(OC(F)F)cc2NC1=O. The quantitative estimate of drug-likeness (QED) is 0.680. The Kier molecular flexibility index (Phi) is 5.21. The van der Waals surface area contributed by atoms with Crippen molar-refractivity contribution in [2.45, 2.75) is 58.1 Å². The summed E-state index contributed by atoms with van der Waals surface area (Å²) in [5.74, 6) is 1.76. The summed E-state index contributed by atoms with van der Waals surface area (Å²) < 4.78 is 28.8. The van der Waals surface area contributed by atoms with Gasteiger partial charge in [0.2, 0.25) is 5.91 Å². The second-order valence-electron chi connectivity index (χ2n) is 6.88. The van der Waals surface area contributed by atoms with E-state index < -0.39 is 6.61 Å². The minimum absolute atomic E-state index is 0.0404. The maximum absolute atomic E-state index is 12.2. The molecule has 1 amide bonds. The topological polar surface area (TPSA) is 50.4 Å². The van der Waals surface area contributed by atoms with E-state index in [2.05, 4.69) is 22.3 Å². The van der Waals surface area contributed by atoms with Crippen LogP contribution in [0.2, 0.25) is 0 Å². The third-order valence-electron chi connectivity index (χ3n) is 4.96. The van der Waals surface area contributed by atoms with Crippen LogP contribution in [-0.2, 0) is 4.79 Å². The summed E-state index contributed by atoms with van der Waals surface area (Å²) in [5, 5.41) is 5.96. The number of carbonyl (C=O) groups is 1. The van der Waals surface area contributed by atoms with Gasteiger partial charge in [-0.25, -0.2) is 0 Å². The fourth-order valence-corrected chi connectivity index (χ4v) is 3.34. The molecule has 24 heavy (non-hydrogen) atoms. The zero-order valence-corrected chi connectivity index (χ0v) is 13.9. The van der Waals surface area contributed by atoms with Gasteiger partial charge in [0.15, 0.2) is 0 Å². The van der Waals surface area contributed by atoms with Gasteiger partial charge in [-0.1, -0.05) is 32.6 Å². The summed E-state index contributed by atoms with van der Waals surface area (Å²) in [5.41, 5.74) is 1.23. The van der Waals surface area contributed by atoms with Gasteiger partial charge in [0.05, 0.1) is 11.4 Å². The van der Waals surface area contributed by atoms with Gasteiger partial charge in [-0.15, -0.1) is 0 Å². The van der Waals surface area contributed by atoms with Gasteiger partial charge < -0.3 is 15.4 Å². The molecule has 2 unspecified atom stereocenters. The first kappa shape index (κ1) is 17.0. The van der Waals surface area contributed by atoms with E-state index in [9.17, 15) is 13.6 Å². The van der Waals surface area contributed by atoms with Gasteiger partial charge in [0.1, 0.15) is 11.8 Å². The third kappa shape index (κ3) is 4.36. The molecule has 0 radical (unpaired) electrons. The van der Waals surface area contributed by atoms with Crippen LogP contribution in [0.1, 0.15) is 45.4 Å². The van der Waals surface area contributed by atoms with E-state index in [4.69, 9.17) is 0 Å². The second kappa shape index (κ2) is 7.36. The molecule has 1 heterocycles. The summed E-state index contributed by atoms with van der Waals surface area (Å²) >= 11 is 0. The van der Waals surface area contributed by atoms with Crippen molar-refractivity contribution < 1.29 is 18.3 Å². The zero-order valence-electron chi connectivity index (χ0n) is 13.9. The minimum atomic E-state index is -2.87. The van der Waals surface area contributed by atoms with Crippen LogP contribution in [0.5, 0.6) is 5.75 Å². The number of halogens is 2. The van der Waals surface area contributed by atoms with E-state index >= 15 is 0 Å². The van der Waals surface area contributed by atoms with Crippen LogP contribution in [0.3, 0.4) is 0 Å². The molecule has 0 aromatic heterocycles. The Morgan fingerprint density at radius 3 is 2.67 bits per heavy atom. The first-order valence-electron chi connectivity index (χ1n) is 8.69. The van der Waals surface area contributed by atoms with Crippen LogP contribution >= 0.6 is 0 Å². The van der Waals surface area contributed by atoms with E-state index in [1.807, 2.05) is 0 Å². The largest absolute Gasteiger partial charge is 0.435 e. The summed E-state index contributed by atoms with van der Waals surface area (Å²) in [6, 6.07) is 4.29. The number of rotatable bonds is 8. The predicted octanol–water partition coefficient (Wildman–Crippen LogP) is 4.63. The molecule has 1 fully saturated rings. The smallest absolute Gasteiger partial charge is 0.387 e. The van der Waals surface area contributed by atoms with E-state index in [1.165, 1.54) is 31.4 Å². The molecule has 0 saturated heterocycles. The Bertz CT molecular complexity index is 594. The maximum atomic E-state index is 12.2. The Hall–Kier alpha value is -1.85. The number of unbranched alkanes of at least 4 members (excludes halogenated alkanes) is 2. The molecule has 1 aliphatic heterocycles. The van der Waals surface area contributed by atoms with Crippen LogP contribution in [0.25, 0.3) is 0 Å². The van der Waals surface area contributed by atoms with Gasteiger partial charge in [0.25, 0.3) is 0 Å². The lowest BCUT2D eigenvalue weighted by atomic mass is 10.0. The van der Waals surface area contributed by atoms with Crippen molar-refractivity contribution in [2.24, 2.45) is 11.8 Å². The van der Waals surface area contributed by atoms with Gasteiger partial charge in [-0.05, 0) is 36.8 Å². The lowest BCUT2D eigenvalue weighted by Gasteiger charge is -2.27. The molecule has 3 atom stereocenters. The Morgan fingerprint density at radius 1 is 1.21 bits per heavy atom. The summed E-state index contributed by atoms with van der Waals surface area (Å²) in [7, 11) is 0. The fourth-order valence-electron chi connectivity index (χ4n) is 3.34. The molecule has 4 nitrogen and oxygen atoms in total. The standard InChI is InChI=1S/C18H24F2N2O2/c1-11-9-12(11)5-3-2-4-6-15-17(23)22-16-10-13(24-18(19)20)7-8-14(16)21-15/h7-8,10-12,15,18,21H,2-6,9H2,1H3,(H,22,23)/t11?,12-,15?/m1/s1. The van der Waals surface area contributed by atoms with Crippen molar-refractivity contribution >= 4 is 17.3 Å². The number of ether oxygens (including phenoxy) is 1. The summed E-state index contributed by atoms with van der Waals surface area (Å²) in [6.07, 6.45) is 6.84. The Morgan fingerprint density at radius 2 is 1.96 bits per heavy atom. The van der Waals surface area contributed by atoms with E-state index in [0.717, 1.165) is 36.8 Å². The van der Waals surface area contributed by atoms with Gasteiger partial charge in [-0.2, -0.15) is 8.78 Å². The number of carbonyl (C=O) groups excluding carboxylic acids is 1. The van der Waals surface area contributed by atoms with Crippen molar-refractivity contribution in [1.29, 1.82) is 0 Å². The highest BCUT2D eigenvalue weighted by Crippen LogP contribution is 2.41. The monoisotopic (exact) mass is 338 g/mol. The number of nitrogens with one attached hydrogen (secondary N) is 2. The number of hydrogen-bond acceptors (Lipinski definition) is 3. The number of amides is 1. The summed E-state index contributed by atoms with van der Waals surface area (Å²) in [6.45, 7) is -0.572. The Labute approximate surface area is 141 Å². The highest BCUT2D eigenvalue weighted by molar-refractivity contribution is 6.03. The minimum Gasteiger partial charge on any atom is -0.435 e. The van der Waals surface area contributed by atoms with E-state index in [1.54, 1.807) is 6.07 Å². The van der Waals surface area contributed by atoms with Crippen molar-refractivity contribution in [2.75, 3.05) is 10.6 Å². The van der Waals surface area contributed by atoms with Crippen LogP contribution in [0, 0.1) is 11.8 Å². The van der Waals surface area contributed by atoms with Crippen LogP contribution in [-0.4, -0.2) is 18.6 Å². The zero-order chi connectivity index (χ0) is 17.1. The average Bonchev–Trinajstić information content (AvgIpc) is 3.22. The van der Waals surface area contributed by atoms with Crippen molar-refractivity contribution in [3.8, 4) is 5.75 Å². The number of fused-ring (bicyclic) bond motifs is 1. The van der Waals surface area contributed by atoms with Crippen molar-refractivity contribution in [1.82, 2.24) is 0 Å². The highest BCUT2D eigenvalue weighted by atomic mass is 19.3. The van der Waals surface area contributed by atoms with Gasteiger partial charge in [0, 0.05) is 6.07 Å². The Balaban J connectivity index is 1.46. The number of anilines is 2. The number of benzene rings is 1. The fraction of sp³-hybridized carbons (Fsp3) is 0.611. The lowest BCUT2D eigenvalue weighted by Crippen LogP contribution is -2.38. The molecule has 2 aliphatic rings. The molecule has 2 N–H and O–H groups in total. The van der Waals surface area contributed by atoms with E-state index in [0.29, 0.717) is 5.69 Å². The highest BCUT2D eigenvalue weighted by Gasteiger charge is 2.31. The average molecular weight is 338 g/mol. The first-order chi connectivity index (χ1) is 11.5. The molecule has 1 aromatic carbocycles. The molecule has 3 rings (SSSR count). The van der Waals surface area contributed by atoms with Crippen LogP contribution < -0.4 is 15.4 Å². The lowest BCUT2D eigenvalue weighted by molar-refractivity contribution is -0.117. The second-order valence-corrected chi connectivity index (χ2v) is 6.88. The maximum Gasteiger partial charge on any atom is 0.387 e. The molecular weight excluding hydrogens is 314 g/mol. The molecule has 0 spiro atoms. The van der Waals surface area contributed by atoms with Crippen molar-refractivity contribution in [3.05, 3.63) is 18.2 Å². The number of alkyl halides is 2. The van der Waals surface area contributed by atoms with Crippen LogP contribution in [0.4, 0.5) is 20.2 Å². The molecule has 0 bridgehead atoms. The van der Waals surface area contributed by atoms with Gasteiger partial charge >= 0.3 is 6.61 Å². The molecule has 6 heteroatoms. The third-order valence-corrected chi connectivity index (χ3v) is 4.96. The summed E-state index contributed by atoms with van der Waals surface area (Å²) in [4.78, 5) is 12.2.